The molecule has 8 nitrogen and oxygen atoms in total. The second kappa shape index (κ2) is 5.76. The van der Waals surface area contributed by atoms with Crippen molar-refractivity contribution in [2.24, 2.45) is 12.1 Å². The van der Waals surface area contributed by atoms with Gasteiger partial charge in [0.2, 0.25) is 0 Å². The van der Waals surface area contributed by atoms with Crippen LogP contribution in [0.1, 0.15) is 16.1 Å². The lowest BCUT2D eigenvalue weighted by molar-refractivity contribution is -0.384. The van der Waals surface area contributed by atoms with Crippen LogP contribution in [0.3, 0.4) is 0 Å². The first-order valence-electron chi connectivity index (χ1n) is 6.66. The average molecular weight is 312 g/mol. The summed E-state index contributed by atoms with van der Waals surface area (Å²) < 4.78 is 7.22. The predicted molar refractivity (Wildman–Crippen MR) is 83.3 cm³/mol. The molecule has 0 spiro atoms. The van der Waals surface area contributed by atoms with Gasteiger partial charge in [-0.15, -0.1) is 0 Å². The summed E-state index contributed by atoms with van der Waals surface area (Å²) in [7, 11) is 1.88. The van der Waals surface area contributed by atoms with E-state index in [1.54, 1.807) is 0 Å². The van der Waals surface area contributed by atoms with E-state index in [9.17, 15) is 14.9 Å². The van der Waals surface area contributed by atoms with Gasteiger partial charge in [-0.1, -0.05) is 0 Å². The number of rotatable bonds is 4. The van der Waals surface area contributed by atoms with Crippen LogP contribution in [0.2, 0.25) is 0 Å². The largest absolute Gasteiger partial charge is 0.451 e. The molecule has 1 N–H and O–H groups in total. The van der Waals surface area contributed by atoms with Crippen LogP contribution in [0, 0.1) is 10.1 Å². The number of hydrogen-bond acceptors (Lipinski definition) is 5. The first kappa shape index (κ1) is 14.5. The Morgan fingerprint density at radius 3 is 2.91 bits per heavy atom. The number of aryl methyl sites for hydroxylation is 1. The molecule has 0 saturated carbocycles. The van der Waals surface area contributed by atoms with E-state index in [0.717, 1.165) is 5.56 Å². The Morgan fingerprint density at radius 2 is 2.22 bits per heavy atom. The van der Waals surface area contributed by atoms with Crippen molar-refractivity contribution in [3.8, 4) is 0 Å². The Hall–Kier alpha value is -3.42. The molecule has 0 unspecified atom stereocenters. The molecule has 8 heteroatoms. The molecule has 0 radical (unpaired) electrons. The van der Waals surface area contributed by atoms with Gasteiger partial charge in [0.1, 0.15) is 5.58 Å². The molecule has 3 aromatic rings. The highest BCUT2D eigenvalue weighted by Crippen LogP contribution is 2.24. The molecule has 1 amide bonds. The number of carbonyl (C=O) groups is 1. The third-order valence-electron chi connectivity index (χ3n) is 3.17. The van der Waals surface area contributed by atoms with Crippen LogP contribution in [-0.4, -0.2) is 21.6 Å². The molecule has 0 aliphatic rings. The van der Waals surface area contributed by atoms with Crippen molar-refractivity contribution in [1.82, 2.24) is 9.99 Å². The quantitative estimate of drug-likeness (QED) is 0.454. The minimum atomic E-state index is -0.531. The molecule has 2 aromatic heterocycles. The zero-order valence-electron chi connectivity index (χ0n) is 12.1. The average Bonchev–Trinajstić information content (AvgIpc) is 3.12. The highest BCUT2D eigenvalue weighted by atomic mass is 16.6. The lowest BCUT2D eigenvalue weighted by Gasteiger charge is -1.94. The molecule has 0 atom stereocenters. The topological polar surface area (TPSA) is 103 Å². The molecular weight excluding hydrogens is 300 g/mol. The van der Waals surface area contributed by atoms with Gasteiger partial charge in [0.05, 0.1) is 11.1 Å². The van der Waals surface area contributed by atoms with Crippen molar-refractivity contribution >= 4 is 28.8 Å². The second-order valence-corrected chi connectivity index (χ2v) is 4.90. The molecule has 0 saturated heterocycles. The SMILES string of the molecule is Cn1ccc(/C=N\NC(=O)c2cc3cc([N+](=O)[O-])ccc3o2)c1. The summed E-state index contributed by atoms with van der Waals surface area (Å²) in [6.45, 7) is 0. The van der Waals surface area contributed by atoms with Crippen molar-refractivity contribution in [2.45, 2.75) is 0 Å². The summed E-state index contributed by atoms with van der Waals surface area (Å²) >= 11 is 0. The van der Waals surface area contributed by atoms with Gasteiger partial charge in [-0.25, -0.2) is 5.43 Å². The van der Waals surface area contributed by atoms with Crippen molar-refractivity contribution in [3.63, 3.8) is 0 Å². The molecular formula is C15H12N4O4. The normalized spacial score (nSPS) is 11.2. The number of furan rings is 1. The lowest BCUT2D eigenvalue weighted by Crippen LogP contribution is -2.16. The van der Waals surface area contributed by atoms with E-state index in [-0.39, 0.29) is 11.4 Å². The Balaban J connectivity index is 1.75. The third kappa shape index (κ3) is 3.10. The Labute approximate surface area is 130 Å². The molecule has 23 heavy (non-hydrogen) atoms. The number of carbonyl (C=O) groups excluding carboxylic acids is 1. The molecule has 2 heterocycles. The van der Waals surface area contributed by atoms with E-state index < -0.39 is 10.8 Å². The minimum absolute atomic E-state index is 0.0331. The maximum Gasteiger partial charge on any atom is 0.307 e. The predicted octanol–water partition coefficient (Wildman–Crippen LogP) is 2.44. The highest BCUT2D eigenvalue weighted by molar-refractivity contribution is 5.96. The zero-order chi connectivity index (χ0) is 16.4. The van der Waals surface area contributed by atoms with E-state index in [2.05, 4.69) is 10.5 Å². The molecule has 0 aliphatic carbocycles. The lowest BCUT2D eigenvalue weighted by atomic mass is 10.2. The van der Waals surface area contributed by atoms with E-state index in [4.69, 9.17) is 4.42 Å². The minimum Gasteiger partial charge on any atom is -0.451 e. The number of amides is 1. The fraction of sp³-hybridized carbons (Fsp3) is 0.0667. The number of fused-ring (bicyclic) bond motifs is 1. The van der Waals surface area contributed by atoms with Crippen molar-refractivity contribution < 1.29 is 14.1 Å². The number of nitro benzene ring substituents is 1. The van der Waals surface area contributed by atoms with Gasteiger partial charge in [0.15, 0.2) is 5.76 Å². The van der Waals surface area contributed by atoms with Crippen LogP contribution >= 0.6 is 0 Å². The fourth-order valence-corrected chi connectivity index (χ4v) is 2.08. The first-order chi connectivity index (χ1) is 11.0. The molecule has 0 fully saturated rings. The standard InChI is InChI=1S/C15H12N4O4/c1-18-5-4-10(9-18)8-16-17-15(20)14-7-11-6-12(19(21)22)2-3-13(11)23-14/h2-9H,1H3,(H,17,20)/b16-8-. The zero-order valence-corrected chi connectivity index (χ0v) is 12.1. The van der Waals surface area contributed by atoms with Crippen molar-refractivity contribution in [2.75, 3.05) is 0 Å². The number of non-ortho nitro benzene ring substituents is 1. The monoisotopic (exact) mass is 312 g/mol. The number of nitrogens with zero attached hydrogens (tertiary/aromatic N) is 3. The Bertz CT molecular complexity index is 923. The smallest absolute Gasteiger partial charge is 0.307 e. The van der Waals surface area contributed by atoms with Gasteiger partial charge in [-0.2, -0.15) is 5.10 Å². The summed E-state index contributed by atoms with van der Waals surface area (Å²) in [4.78, 5) is 22.2. The summed E-state index contributed by atoms with van der Waals surface area (Å²) in [6.07, 6.45) is 5.21. The number of aromatic nitrogens is 1. The van der Waals surface area contributed by atoms with Crippen LogP contribution in [0.25, 0.3) is 11.0 Å². The number of benzene rings is 1. The van der Waals surface area contributed by atoms with E-state index >= 15 is 0 Å². The van der Waals surface area contributed by atoms with Crippen LogP contribution in [0.5, 0.6) is 0 Å². The summed E-state index contributed by atoms with van der Waals surface area (Å²) in [5, 5.41) is 15.1. The Morgan fingerprint density at radius 1 is 1.39 bits per heavy atom. The third-order valence-corrected chi connectivity index (χ3v) is 3.17. The van der Waals surface area contributed by atoms with Gasteiger partial charge in [0, 0.05) is 42.5 Å². The number of hydrogen-bond donors (Lipinski definition) is 1. The van der Waals surface area contributed by atoms with Crippen LogP contribution in [-0.2, 0) is 7.05 Å². The number of nitro groups is 1. The van der Waals surface area contributed by atoms with Gasteiger partial charge in [-0.3, -0.25) is 14.9 Å². The van der Waals surface area contributed by atoms with Crippen LogP contribution < -0.4 is 5.43 Å². The fourth-order valence-electron chi connectivity index (χ4n) is 2.08. The number of nitrogens with one attached hydrogen (secondary N) is 1. The molecule has 0 bridgehead atoms. The maximum absolute atomic E-state index is 12.0. The molecule has 1 aromatic carbocycles. The maximum atomic E-state index is 12.0. The number of hydrazone groups is 1. The van der Waals surface area contributed by atoms with Crippen molar-refractivity contribution in [3.05, 3.63) is 64.2 Å². The summed E-state index contributed by atoms with van der Waals surface area (Å²) in [5.74, 6) is -0.498. The van der Waals surface area contributed by atoms with Crippen LogP contribution in [0.15, 0.2) is 52.2 Å². The van der Waals surface area contributed by atoms with Gasteiger partial charge in [-0.05, 0) is 18.2 Å². The van der Waals surface area contributed by atoms with Crippen molar-refractivity contribution in [1.29, 1.82) is 0 Å². The highest BCUT2D eigenvalue weighted by Gasteiger charge is 2.14. The van der Waals surface area contributed by atoms with Gasteiger partial charge < -0.3 is 8.98 Å². The van der Waals surface area contributed by atoms with E-state index in [1.165, 1.54) is 30.5 Å². The van der Waals surface area contributed by atoms with E-state index in [1.807, 2.05) is 30.1 Å². The Kier molecular flexibility index (Phi) is 3.63. The molecule has 0 aliphatic heterocycles. The molecule has 116 valence electrons. The van der Waals surface area contributed by atoms with Gasteiger partial charge >= 0.3 is 5.91 Å². The second-order valence-electron chi connectivity index (χ2n) is 4.90. The van der Waals surface area contributed by atoms with Crippen LogP contribution in [0.4, 0.5) is 5.69 Å². The summed E-state index contributed by atoms with van der Waals surface area (Å²) in [6, 6.07) is 7.41. The molecule has 3 rings (SSSR count). The van der Waals surface area contributed by atoms with E-state index in [0.29, 0.717) is 11.0 Å². The van der Waals surface area contributed by atoms with Gasteiger partial charge in [0.25, 0.3) is 5.69 Å². The first-order valence-corrected chi connectivity index (χ1v) is 6.66. The summed E-state index contributed by atoms with van der Waals surface area (Å²) in [5.41, 5.74) is 3.52.